The van der Waals surface area contributed by atoms with Gasteiger partial charge in [0, 0.05) is 17.3 Å². The lowest BCUT2D eigenvalue weighted by Gasteiger charge is -2.11. The Labute approximate surface area is 145 Å². The van der Waals surface area contributed by atoms with Gasteiger partial charge in [0.15, 0.2) is 0 Å². The van der Waals surface area contributed by atoms with E-state index in [0.717, 1.165) is 22.6 Å². The number of carbonyl (C=O) groups is 1. The quantitative estimate of drug-likeness (QED) is 0.866. The molecule has 23 heavy (non-hydrogen) atoms. The first-order chi connectivity index (χ1) is 10.8. The van der Waals surface area contributed by atoms with Crippen molar-refractivity contribution in [1.82, 2.24) is 15.1 Å². The first kappa shape index (κ1) is 17.8. The Balaban J connectivity index is 2.28. The summed E-state index contributed by atoms with van der Waals surface area (Å²) in [5.74, 6) is -0.147. The largest absolute Gasteiger partial charge is 0.394 e. The minimum Gasteiger partial charge on any atom is -0.394 e. The predicted molar refractivity (Wildman–Crippen MR) is 91.5 cm³/mol. The summed E-state index contributed by atoms with van der Waals surface area (Å²) in [4.78, 5) is 12.0. The predicted octanol–water partition coefficient (Wildman–Crippen LogP) is 2.84. The number of nitrogens with one attached hydrogen (secondary N) is 1. The maximum absolute atomic E-state index is 12.0. The lowest BCUT2D eigenvalue weighted by Crippen LogP contribution is -2.36. The van der Waals surface area contributed by atoms with Gasteiger partial charge in [-0.1, -0.05) is 23.2 Å². The summed E-state index contributed by atoms with van der Waals surface area (Å²) in [5, 5.41) is 17.2. The van der Waals surface area contributed by atoms with E-state index in [4.69, 9.17) is 28.3 Å². The number of rotatable bonds is 5. The highest BCUT2D eigenvalue weighted by Gasteiger charge is 2.17. The van der Waals surface area contributed by atoms with Crippen molar-refractivity contribution in [3.8, 4) is 5.69 Å². The molecule has 124 valence electrons. The van der Waals surface area contributed by atoms with Gasteiger partial charge in [-0.25, -0.2) is 4.68 Å². The summed E-state index contributed by atoms with van der Waals surface area (Å²) >= 11 is 12.0. The van der Waals surface area contributed by atoms with E-state index in [1.54, 1.807) is 23.7 Å². The minimum atomic E-state index is -0.270. The van der Waals surface area contributed by atoms with Crippen LogP contribution in [0, 0.1) is 13.8 Å². The Hall–Kier alpha value is -1.56. The lowest BCUT2D eigenvalue weighted by molar-refractivity contribution is -0.121. The van der Waals surface area contributed by atoms with E-state index in [1.807, 2.05) is 19.9 Å². The summed E-state index contributed by atoms with van der Waals surface area (Å²) < 4.78 is 1.75. The van der Waals surface area contributed by atoms with Gasteiger partial charge in [-0.05, 0) is 39.0 Å². The van der Waals surface area contributed by atoms with Crippen molar-refractivity contribution < 1.29 is 9.90 Å². The average molecular weight is 356 g/mol. The zero-order valence-corrected chi connectivity index (χ0v) is 14.7. The molecule has 0 radical (unpaired) electrons. The van der Waals surface area contributed by atoms with Gasteiger partial charge < -0.3 is 10.4 Å². The van der Waals surface area contributed by atoms with Crippen LogP contribution < -0.4 is 5.32 Å². The number of amides is 1. The minimum absolute atomic E-state index is 0.0910. The van der Waals surface area contributed by atoms with Gasteiger partial charge in [-0.15, -0.1) is 0 Å². The molecule has 7 heteroatoms. The zero-order valence-electron chi connectivity index (χ0n) is 13.2. The fourth-order valence-electron chi connectivity index (χ4n) is 2.33. The van der Waals surface area contributed by atoms with E-state index >= 15 is 0 Å². The second-order valence-electron chi connectivity index (χ2n) is 5.49. The standard InChI is InChI=1S/C16H19Cl2N3O2/c1-9(8-22)19-16(23)7-13-10(2)20-21(11(13)3)12-4-5-14(17)15(18)6-12/h4-6,9,22H,7-8H2,1-3H3,(H,19,23). The highest BCUT2D eigenvalue weighted by Crippen LogP contribution is 2.26. The Morgan fingerprint density at radius 2 is 2.04 bits per heavy atom. The van der Waals surface area contributed by atoms with Gasteiger partial charge >= 0.3 is 0 Å². The topological polar surface area (TPSA) is 67.2 Å². The highest BCUT2D eigenvalue weighted by molar-refractivity contribution is 6.42. The van der Waals surface area contributed by atoms with Crippen molar-refractivity contribution in [2.75, 3.05) is 6.61 Å². The molecule has 0 saturated heterocycles. The Kier molecular flexibility index (Phi) is 5.68. The molecule has 1 aromatic heterocycles. The Morgan fingerprint density at radius 1 is 1.35 bits per heavy atom. The van der Waals surface area contributed by atoms with Crippen molar-refractivity contribution in [3.05, 3.63) is 45.2 Å². The van der Waals surface area contributed by atoms with Gasteiger partial charge in [-0.3, -0.25) is 4.79 Å². The van der Waals surface area contributed by atoms with Crippen molar-refractivity contribution in [2.45, 2.75) is 33.2 Å². The van der Waals surface area contributed by atoms with Gasteiger partial charge in [0.2, 0.25) is 5.91 Å². The summed E-state index contributed by atoms with van der Waals surface area (Å²) in [6.45, 7) is 5.42. The maximum atomic E-state index is 12.0. The van der Waals surface area contributed by atoms with Gasteiger partial charge in [0.05, 0.1) is 34.5 Å². The second-order valence-corrected chi connectivity index (χ2v) is 6.30. The lowest BCUT2D eigenvalue weighted by atomic mass is 10.1. The third kappa shape index (κ3) is 4.05. The number of hydrogen-bond acceptors (Lipinski definition) is 3. The van der Waals surface area contributed by atoms with Crippen molar-refractivity contribution in [1.29, 1.82) is 0 Å². The molecule has 1 amide bonds. The Morgan fingerprint density at radius 3 is 2.65 bits per heavy atom. The second kappa shape index (κ2) is 7.34. The number of aliphatic hydroxyl groups excluding tert-OH is 1. The molecule has 2 rings (SSSR count). The number of hydrogen-bond donors (Lipinski definition) is 2. The van der Waals surface area contributed by atoms with Gasteiger partial charge in [0.1, 0.15) is 0 Å². The van der Waals surface area contributed by atoms with E-state index in [-0.39, 0.29) is 25.0 Å². The fraction of sp³-hybridized carbons (Fsp3) is 0.375. The molecule has 1 aromatic carbocycles. The van der Waals surface area contributed by atoms with Crippen molar-refractivity contribution in [2.24, 2.45) is 0 Å². The third-order valence-corrected chi connectivity index (χ3v) is 4.35. The van der Waals surface area contributed by atoms with E-state index in [1.165, 1.54) is 0 Å². The number of aliphatic hydroxyl groups is 1. The van der Waals surface area contributed by atoms with Crippen LogP contribution in [0.1, 0.15) is 23.9 Å². The fourth-order valence-corrected chi connectivity index (χ4v) is 2.62. The first-order valence-electron chi connectivity index (χ1n) is 7.24. The van der Waals surface area contributed by atoms with Crippen LogP contribution in [0.5, 0.6) is 0 Å². The number of benzene rings is 1. The van der Waals surface area contributed by atoms with Crippen LogP contribution in [0.3, 0.4) is 0 Å². The van der Waals surface area contributed by atoms with Gasteiger partial charge in [-0.2, -0.15) is 5.10 Å². The number of halogens is 2. The molecule has 0 aliphatic heterocycles. The average Bonchev–Trinajstić information content (AvgIpc) is 2.78. The zero-order chi connectivity index (χ0) is 17.1. The molecule has 0 fully saturated rings. The van der Waals surface area contributed by atoms with Crippen LogP contribution in [0.25, 0.3) is 5.69 Å². The summed E-state index contributed by atoms with van der Waals surface area (Å²) in [5.41, 5.74) is 3.29. The maximum Gasteiger partial charge on any atom is 0.224 e. The molecular formula is C16H19Cl2N3O2. The SMILES string of the molecule is Cc1nn(-c2ccc(Cl)c(Cl)c2)c(C)c1CC(=O)NC(C)CO. The summed E-state index contributed by atoms with van der Waals surface area (Å²) in [7, 11) is 0. The smallest absolute Gasteiger partial charge is 0.224 e. The number of aromatic nitrogens is 2. The van der Waals surface area contributed by atoms with E-state index < -0.39 is 0 Å². The molecule has 1 heterocycles. The van der Waals surface area contributed by atoms with Crippen molar-refractivity contribution >= 4 is 29.1 Å². The molecule has 0 spiro atoms. The number of nitrogens with zero attached hydrogens (tertiary/aromatic N) is 2. The molecule has 1 atom stereocenters. The van der Waals surface area contributed by atoms with Crippen molar-refractivity contribution in [3.63, 3.8) is 0 Å². The van der Waals surface area contributed by atoms with E-state index in [0.29, 0.717) is 10.0 Å². The van der Waals surface area contributed by atoms with Gasteiger partial charge in [0.25, 0.3) is 0 Å². The van der Waals surface area contributed by atoms with E-state index in [2.05, 4.69) is 10.4 Å². The van der Waals surface area contributed by atoms with Crippen LogP contribution in [-0.2, 0) is 11.2 Å². The van der Waals surface area contributed by atoms with E-state index in [9.17, 15) is 4.79 Å². The van der Waals surface area contributed by atoms with Crippen LogP contribution in [0.4, 0.5) is 0 Å². The van der Waals surface area contributed by atoms with Crippen LogP contribution in [-0.4, -0.2) is 33.4 Å². The molecule has 0 aliphatic rings. The molecule has 0 saturated carbocycles. The molecule has 0 bridgehead atoms. The molecular weight excluding hydrogens is 337 g/mol. The molecule has 1 unspecified atom stereocenters. The summed E-state index contributed by atoms with van der Waals surface area (Å²) in [6.07, 6.45) is 0.212. The first-order valence-corrected chi connectivity index (χ1v) is 7.99. The van der Waals surface area contributed by atoms with Crippen LogP contribution >= 0.6 is 23.2 Å². The molecule has 5 nitrogen and oxygen atoms in total. The summed E-state index contributed by atoms with van der Waals surface area (Å²) in [6, 6.07) is 5.00. The number of aryl methyl sites for hydroxylation is 1. The third-order valence-electron chi connectivity index (χ3n) is 3.61. The normalized spacial score (nSPS) is 12.3. The Bertz CT molecular complexity index is 728. The molecule has 2 aromatic rings. The van der Waals surface area contributed by atoms with Crippen LogP contribution in [0.15, 0.2) is 18.2 Å². The molecule has 2 N–H and O–H groups in total. The highest BCUT2D eigenvalue weighted by atomic mass is 35.5. The number of carbonyl (C=O) groups excluding carboxylic acids is 1. The van der Waals surface area contributed by atoms with Crippen LogP contribution in [0.2, 0.25) is 10.0 Å². The monoisotopic (exact) mass is 355 g/mol. The molecule has 0 aliphatic carbocycles.